The van der Waals surface area contributed by atoms with Gasteiger partial charge in [-0.2, -0.15) is 0 Å². The summed E-state index contributed by atoms with van der Waals surface area (Å²) >= 11 is 0. The lowest BCUT2D eigenvalue weighted by Gasteiger charge is -2.20. The fraction of sp³-hybridized carbons (Fsp3) is 0.750. The number of hydrogen-bond donors (Lipinski definition) is 0. The van der Waals surface area contributed by atoms with Crippen molar-refractivity contribution in [2.24, 2.45) is 11.0 Å². The van der Waals surface area contributed by atoms with E-state index in [4.69, 9.17) is 5.53 Å². The van der Waals surface area contributed by atoms with Gasteiger partial charge in [0, 0.05) is 10.6 Å². The molecule has 1 fully saturated rings. The fourth-order valence-corrected chi connectivity index (χ4v) is 1.57. The first kappa shape index (κ1) is 8.15. The molecule has 0 aromatic rings. The molecule has 11 heavy (non-hydrogen) atoms. The highest BCUT2D eigenvalue weighted by Gasteiger charge is 2.14. The third-order valence-electron chi connectivity index (χ3n) is 2.25. The van der Waals surface area contributed by atoms with Crippen molar-refractivity contribution in [3.05, 3.63) is 22.7 Å². The molecule has 0 heterocycles. The topological polar surface area (TPSA) is 48.8 Å². The van der Waals surface area contributed by atoms with E-state index in [0.29, 0.717) is 5.92 Å². The molecule has 0 atom stereocenters. The fourth-order valence-electron chi connectivity index (χ4n) is 1.57. The van der Waals surface area contributed by atoms with Crippen LogP contribution in [0.5, 0.6) is 0 Å². The first-order valence-corrected chi connectivity index (χ1v) is 4.08. The summed E-state index contributed by atoms with van der Waals surface area (Å²) in [6.07, 6.45) is 6.13. The van der Waals surface area contributed by atoms with Gasteiger partial charge in [0.15, 0.2) is 0 Å². The van der Waals surface area contributed by atoms with E-state index in [9.17, 15) is 0 Å². The second-order valence-electron chi connectivity index (χ2n) is 3.02. The highest BCUT2D eigenvalue weighted by atomic mass is 15.1. The molecular formula is C8H13N3. The molecule has 0 aromatic heterocycles. The van der Waals surface area contributed by atoms with Crippen molar-refractivity contribution in [1.29, 1.82) is 0 Å². The zero-order valence-corrected chi connectivity index (χ0v) is 6.66. The lowest BCUT2D eigenvalue weighted by atomic mass is 9.87. The van der Waals surface area contributed by atoms with Crippen LogP contribution in [0.15, 0.2) is 17.4 Å². The normalized spacial score (nSPS) is 18.9. The first-order valence-electron chi connectivity index (χ1n) is 4.08. The third-order valence-corrected chi connectivity index (χ3v) is 2.25. The van der Waals surface area contributed by atoms with Crippen molar-refractivity contribution in [2.75, 3.05) is 0 Å². The quantitative estimate of drug-likeness (QED) is 0.330. The standard InChI is InChI=1S/C8H13N3/c1-7(10-11-9)8-5-3-2-4-6-8/h8H,1-6H2. The molecule has 0 radical (unpaired) electrons. The molecule has 3 nitrogen and oxygen atoms in total. The number of hydrogen-bond acceptors (Lipinski definition) is 1. The van der Waals surface area contributed by atoms with Crippen molar-refractivity contribution < 1.29 is 0 Å². The summed E-state index contributed by atoms with van der Waals surface area (Å²) in [5.41, 5.74) is 8.89. The molecule has 0 unspecified atom stereocenters. The number of nitrogens with zero attached hydrogens (tertiary/aromatic N) is 3. The van der Waals surface area contributed by atoms with E-state index in [1.807, 2.05) is 0 Å². The molecule has 1 saturated carbocycles. The van der Waals surface area contributed by atoms with Crippen LogP contribution in [0, 0.1) is 5.92 Å². The van der Waals surface area contributed by atoms with Crippen LogP contribution in [-0.2, 0) is 0 Å². The van der Waals surface area contributed by atoms with Gasteiger partial charge < -0.3 is 0 Å². The third kappa shape index (κ3) is 2.28. The van der Waals surface area contributed by atoms with E-state index in [0.717, 1.165) is 18.5 Å². The Morgan fingerprint density at radius 3 is 2.55 bits per heavy atom. The molecule has 1 aliphatic rings. The molecular weight excluding hydrogens is 138 g/mol. The Kier molecular flexibility index (Phi) is 2.99. The summed E-state index contributed by atoms with van der Waals surface area (Å²) in [5, 5.41) is 3.53. The Morgan fingerprint density at radius 2 is 2.00 bits per heavy atom. The van der Waals surface area contributed by atoms with Gasteiger partial charge in [-0.15, -0.1) is 0 Å². The minimum absolute atomic E-state index is 0.458. The minimum atomic E-state index is 0.458. The van der Waals surface area contributed by atoms with Crippen LogP contribution in [0.3, 0.4) is 0 Å². The van der Waals surface area contributed by atoms with Crippen molar-refractivity contribution in [3.8, 4) is 0 Å². The van der Waals surface area contributed by atoms with E-state index < -0.39 is 0 Å². The molecule has 3 heteroatoms. The van der Waals surface area contributed by atoms with Gasteiger partial charge in [0.05, 0.1) is 0 Å². The summed E-state index contributed by atoms with van der Waals surface area (Å²) in [6.45, 7) is 3.75. The predicted molar refractivity (Wildman–Crippen MR) is 44.9 cm³/mol. The van der Waals surface area contributed by atoms with Crippen LogP contribution in [0.25, 0.3) is 10.4 Å². The Labute approximate surface area is 66.7 Å². The van der Waals surface area contributed by atoms with E-state index in [-0.39, 0.29) is 0 Å². The van der Waals surface area contributed by atoms with E-state index in [1.165, 1.54) is 19.3 Å². The molecule has 60 valence electrons. The van der Waals surface area contributed by atoms with Gasteiger partial charge >= 0.3 is 0 Å². The second-order valence-corrected chi connectivity index (χ2v) is 3.02. The predicted octanol–water partition coefficient (Wildman–Crippen LogP) is 3.39. The van der Waals surface area contributed by atoms with Gasteiger partial charge in [-0.25, -0.2) is 0 Å². The monoisotopic (exact) mass is 151 g/mol. The molecule has 0 amide bonds. The summed E-state index contributed by atoms with van der Waals surface area (Å²) in [5.74, 6) is 0.458. The minimum Gasteiger partial charge on any atom is -0.0933 e. The van der Waals surface area contributed by atoms with Gasteiger partial charge in [-0.3, -0.25) is 0 Å². The number of azide groups is 1. The van der Waals surface area contributed by atoms with Gasteiger partial charge in [-0.05, 0) is 24.3 Å². The van der Waals surface area contributed by atoms with E-state index in [1.54, 1.807) is 0 Å². The molecule has 0 aliphatic heterocycles. The van der Waals surface area contributed by atoms with E-state index >= 15 is 0 Å². The van der Waals surface area contributed by atoms with Gasteiger partial charge in [0.2, 0.25) is 0 Å². The Hall–Kier alpha value is -0.950. The molecule has 0 N–H and O–H groups in total. The maximum atomic E-state index is 8.16. The zero-order valence-electron chi connectivity index (χ0n) is 6.66. The van der Waals surface area contributed by atoms with Crippen LogP contribution in [-0.4, -0.2) is 0 Å². The average Bonchev–Trinajstić information content (AvgIpc) is 2.07. The van der Waals surface area contributed by atoms with Crippen LogP contribution in [0.2, 0.25) is 0 Å². The van der Waals surface area contributed by atoms with Crippen molar-refractivity contribution in [2.45, 2.75) is 32.1 Å². The molecule has 1 rings (SSSR count). The molecule has 0 spiro atoms. The van der Waals surface area contributed by atoms with Crippen molar-refractivity contribution in [1.82, 2.24) is 0 Å². The molecule has 0 saturated heterocycles. The molecule has 0 aromatic carbocycles. The Bertz CT molecular complexity index is 186. The smallest absolute Gasteiger partial charge is 0.0110 e. The van der Waals surface area contributed by atoms with Crippen LogP contribution in [0.1, 0.15) is 32.1 Å². The summed E-state index contributed by atoms with van der Waals surface area (Å²) < 4.78 is 0. The highest BCUT2D eigenvalue weighted by Crippen LogP contribution is 2.29. The number of rotatable bonds is 2. The first-order chi connectivity index (χ1) is 5.34. The average molecular weight is 151 g/mol. The van der Waals surface area contributed by atoms with Crippen LogP contribution in [0.4, 0.5) is 0 Å². The highest BCUT2D eigenvalue weighted by molar-refractivity contribution is 4.99. The lowest BCUT2D eigenvalue weighted by Crippen LogP contribution is -2.06. The Morgan fingerprint density at radius 1 is 1.36 bits per heavy atom. The van der Waals surface area contributed by atoms with Crippen LogP contribution >= 0.6 is 0 Å². The molecule has 0 bridgehead atoms. The summed E-state index contributed by atoms with van der Waals surface area (Å²) in [6, 6.07) is 0. The largest absolute Gasteiger partial charge is 0.0933 e. The summed E-state index contributed by atoms with van der Waals surface area (Å²) in [4.78, 5) is 2.74. The SMILES string of the molecule is C=C(N=[N+]=[N-])C1CCCCC1. The van der Waals surface area contributed by atoms with Crippen molar-refractivity contribution >= 4 is 0 Å². The number of allylic oxidation sites excluding steroid dienone is 1. The maximum absolute atomic E-state index is 8.16. The lowest BCUT2D eigenvalue weighted by molar-refractivity contribution is 0.401. The van der Waals surface area contributed by atoms with E-state index in [2.05, 4.69) is 16.6 Å². The van der Waals surface area contributed by atoms with Gasteiger partial charge in [0.1, 0.15) is 0 Å². The van der Waals surface area contributed by atoms with Crippen LogP contribution < -0.4 is 0 Å². The maximum Gasteiger partial charge on any atom is 0.0110 e. The van der Waals surface area contributed by atoms with Gasteiger partial charge in [0.25, 0.3) is 0 Å². The Balaban J connectivity index is 2.44. The molecule has 1 aliphatic carbocycles. The van der Waals surface area contributed by atoms with Crippen molar-refractivity contribution in [3.63, 3.8) is 0 Å². The summed E-state index contributed by atoms with van der Waals surface area (Å²) in [7, 11) is 0. The zero-order chi connectivity index (χ0) is 8.10. The second kappa shape index (κ2) is 4.04. The van der Waals surface area contributed by atoms with Gasteiger partial charge in [-0.1, -0.05) is 31.0 Å².